The lowest BCUT2D eigenvalue weighted by molar-refractivity contribution is 0.0702. The Morgan fingerprint density at radius 1 is 1.11 bits per heavy atom. The summed E-state index contributed by atoms with van der Waals surface area (Å²) in [5, 5.41) is 8.92. The fraction of sp³-hybridized carbons (Fsp3) is 0.650. The molecule has 7 heteroatoms. The first-order valence-electron chi connectivity index (χ1n) is 10.2. The van der Waals surface area contributed by atoms with Crippen molar-refractivity contribution >= 4 is 5.91 Å². The highest BCUT2D eigenvalue weighted by atomic mass is 16.3. The number of carbonyl (C=O) groups excluding carboxylic acids is 1. The Bertz CT molecular complexity index is 883. The summed E-state index contributed by atoms with van der Waals surface area (Å²) in [6.45, 7) is 5.04. The number of hydrogen-bond donors (Lipinski definition) is 0. The van der Waals surface area contributed by atoms with Crippen molar-refractivity contribution in [2.75, 3.05) is 20.1 Å². The van der Waals surface area contributed by atoms with E-state index in [9.17, 15) is 4.79 Å². The van der Waals surface area contributed by atoms with E-state index in [0.717, 1.165) is 79.5 Å². The lowest BCUT2D eigenvalue weighted by Gasteiger charge is -2.29. The molecule has 1 amide bonds. The normalized spacial score (nSPS) is 22.7. The number of nitrogens with zero attached hydrogens (tertiary/aromatic N) is 5. The minimum atomic E-state index is 0.0909. The van der Waals surface area contributed by atoms with Gasteiger partial charge in [0.15, 0.2) is 11.6 Å². The van der Waals surface area contributed by atoms with Crippen molar-refractivity contribution in [3.8, 4) is 0 Å². The second kappa shape index (κ2) is 6.48. The van der Waals surface area contributed by atoms with Crippen LogP contribution in [0.5, 0.6) is 0 Å². The zero-order valence-electron chi connectivity index (χ0n) is 16.2. The van der Waals surface area contributed by atoms with Gasteiger partial charge in [0.2, 0.25) is 0 Å². The third-order valence-electron chi connectivity index (χ3n) is 6.45. The first kappa shape index (κ1) is 17.0. The maximum atomic E-state index is 13.3. The first-order chi connectivity index (χ1) is 13.1. The average molecular weight is 369 g/mol. The van der Waals surface area contributed by atoms with Crippen LogP contribution in [-0.2, 0) is 25.9 Å². The number of aryl methyl sites for hydroxylation is 2. The fourth-order valence-corrected chi connectivity index (χ4v) is 4.98. The number of rotatable bonds is 2. The van der Waals surface area contributed by atoms with Crippen LogP contribution in [0.25, 0.3) is 0 Å². The molecule has 0 unspecified atom stereocenters. The van der Waals surface area contributed by atoms with Crippen molar-refractivity contribution < 1.29 is 9.21 Å². The first-order valence-corrected chi connectivity index (χ1v) is 10.2. The summed E-state index contributed by atoms with van der Waals surface area (Å²) in [6.07, 6.45) is 6.54. The zero-order valence-corrected chi connectivity index (χ0v) is 16.2. The van der Waals surface area contributed by atoms with Gasteiger partial charge >= 0.3 is 0 Å². The van der Waals surface area contributed by atoms with Crippen LogP contribution in [0.4, 0.5) is 0 Å². The van der Waals surface area contributed by atoms with E-state index in [1.54, 1.807) is 0 Å². The zero-order chi connectivity index (χ0) is 18.5. The quantitative estimate of drug-likeness (QED) is 0.814. The summed E-state index contributed by atoms with van der Waals surface area (Å²) < 4.78 is 8.15. The van der Waals surface area contributed by atoms with Crippen LogP contribution in [0.2, 0.25) is 0 Å². The highest BCUT2D eigenvalue weighted by Gasteiger charge is 2.34. The maximum Gasteiger partial charge on any atom is 0.258 e. The van der Waals surface area contributed by atoms with E-state index in [-0.39, 0.29) is 5.91 Å². The highest BCUT2D eigenvalue weighted by molar-refractivity contribution is 5.97. The Labute approximate surface area is 159 Å². The van der Waals surface area contributed by atoms with Crippen molar-refractivity contribution in [1.82, 2.24) is 24.6 Å². The predicted octanol–water partition coefficient (Wildman–Crippen LogP) is 2.48. The molecule has 144 valence electrons. The van der Waals surface area contributed by atoms with Crippen LogP contribution in [0, 0.1) is 6.92 Å². The van der Waals surface area contributed by atoms with Gasteiger partial charge in [-0.3, -0.25) is 9.69 Å². The van der Waals surface area contributed by atoms with E-state index >= 15 is 0 Å². The molecule has 7 nitrogen and oxygen atoms in total. The molecule has 3 aliphatic rings. The van der Waals surface area contributed by atoms with Gasteiger partial charge in [-0.05, 0) is 52.6 Å². The lowest BCUT2D eigenvalue weighted by atomic mass is 9.94. The molecule has 1 aliphatic carbocycles. The number of hydrogen-bond acceptors (Lipinski definition) is 5. The molecule has 27 heavy (non-hydrogen) atoms. The molecule has 1 fully saturated rings. The fourth-order valence-electron chi connectivity index (χ4n) is 4.98. The smallest absolute Gasteiger partial charge is 0.258 e. The van der Waals surface area contributed by atoms with E-state index in [4.69, 9.17) is 4.42 Å². The average Bonchev–Trinajstić information content (AvgIpc) is 3.36. The van der Waals surface area contributed by atoms with Crippen LogP contribution in [0.3, 0.4) is 0 Å². The largest absolute Gasteiger partial charge is 0.465 e. The Hall–Kier alpha value is -2.15. The molecule has 4 heterocycles. The molecule has 0 bridgehead atoms. The van der Waals surface area contributed by atoms with Gasteiger partial charge in [-0.2, -0.15) is 0 Å². The molecule has 1 atom stereocenters. The lowest BCUT2D eigenvalue weighted by Crippen LogP contribution is -2.39. The number of carbonyl (C=O) groups is 1. The summed E-state index contributed by atoms with van der Waals surface area (Å²) in [5.74, 6) is 3.85. The monoisotopic (exact) mass is 369 g/mol. The summed E-state index contributed by atoms with van der Waals surface area (Å²) in [7, 11) is 2.16. The van der Waals surface area contributed by atoms with Crippen molar-refractivity contribution in [2.24, 2.45) is 0 Å². The van der Waals surface area contributed by atoms with Gasteiger partial charge in [-0.1, -0.05) is 0 Å². The molecule has 2 aliphatic heterocycles. The van der Waals surface area contributed by atoms with Crippen molar-refractivity contribution in [3.05, 3.63) is 34.3 Å². The van der Waals surface area contributed by atoms with Crippen LogP contribution < -0.4 is 0 Å². The number of furan rings is 1. The third-order valence-corrected chi connectivity index (χ3v) is 6.45. The van der Waals surface area contributed by atoms with Gasteiger partial charge in [0, 0.05) is 25.1 Å². The molecule has 1 saturated heterocycles. The van der Waals surface area contributed by atoms with Crippen LogP contribution in [0.15, 0.2) is 4.42 Å². The minimum absolute atomic E-state index is 0.0909. The van der Waals surface area contributed by atoms with Crippen LogP contribution in [-0.4, -0.2) is 50.6 Å². The molecule has 0 saturated carbocycles. The van der Waals surface area contributed by atoms with Gasteiger partial charge in [-0.15, -0.1) is 10.2 Å². The molecule has 5 rings (SSSR count). The van der Waals surface area contributed by atoms with Gasteiger partial charge in [-0.25, -0.2) is 0 Å². The molecular weight excluding hydrogens is 342 g/mol. The number of fused-ring (bicyclic) bond motifs is 2. The minimum Gasteiger partial charge on any atom is -0.465 e. The summed E-state index contributed by atoms with van der Waals surface area (Å²) in [5.41, 5.74) is 1.94. The maximum absolute atomic E-state index is 13.3. The Kier molecular flexibility index (Phi) is 4.07. The topological polar surface area (TPSA) is 67.4 Å². The second-order valence-corrected chi connectivity index (χ2v) is 8.13. The Balaban J connectivity index is 1.40. The van der Waals surface area contributed by atoms with Crippen molar-refractivity contribution in [1.29, 1.82) is 0 Å². The van der Waals surface area contributed by atoms with Crippen LogP contribution in [0.1, 0.15) is 70.8 Å². The van der Waals surface area contributed by atoms with Crippen LogP contribution >= 0.6 is 0 Å². The van der Waals surface area contributed by atoms with E-state index < -0.39 is 0 Å². The molecule has 0 aromatic carbocycles. The highest BCUT2D eigenvalue weighted by Crippen LogP contribution is 2.33. The summed E-state index contributed by atoms with van der Waals surface area (Å²) >= 11 is 0. The van der Waals surface area contributed by atoms with E-state index in [1.807, 2.05) is 11.8 Å². The Morgan fingerprint density at radius 3 is 2.78 bits per heavy atom. The van der Waals surface area contributed by atoms with Gasteiger partial charge in [0.05, 0.1) is 18.2 Å². The standard InChI is InChI=1S/C20H27N5O2/c1-13-18(14-6-3-4-8-16(14)27-13)20(26)24-10-11-25-17(12-24)21-22-19(25)15-7-5-9-23(15)2/h15H,3-12H2,1-2H3/t15-/m0/s1. The van der Waals surface area contributed by atoms with E-state index in [2.05, 4.69) is 26.7 Å². The van der Waals surface area contributed by atoms with Crippen molar-refractivity contribution in [2.45, 2.75) is 64.6 Å². The SMILES string of the molecule is Cc1oc2c(c1C(=O)N1CCn3c(nnc3[C@@H]3CCCN3C)C1)CCCC2. The van der Waals surface area contributed by atoms with Gasteiger partial charge < -0.3 is 13.9 Å². The van der Waals surface area contributed by atoms with E-state index in [0.29, 0.717) is 19.1 Å². The predicted molar refractivity (Wildman–Crippen MR) is 99.5 cm³/mol. The summed E-state index contributed by atoms with van der Waals surface area (Å²) in [6, 6.07) is 0.358. The van der Waals surface area contributed by atoms with Gasteiger partial charge in [0.1, 0.15) is 11.5 Å². The molecule has 2 aromatic heterocycles. The number of amides is 1. The second-order valence-electron chi connectivity index (χ2n) is 8.13. The van der Waals surface area contributed by atoms with Crippen molar-refractivity contribution in [3.63, 3.8) is 0 Å². The molecule has 0 N–H and O–H groups in total. The molecule has 0 radical (unpaired) electrons. The molecule has 0 spiro atoms. The number of aromatic nitrogens is 3. The van der Waals surface area contributed by atoms with Gasteiger partial charge in [0.25, 0.3) is 5.91 Å². The Morgan fingerprint density at radius 2 is 1.96 bits per heavy atom. The third kappa shape index (κ3) is 2.71. The summed E-state index contributed by atoms with van der Waals surface area (Å²) in [4.78, 5) is 17.6. The molecular formula is C20H27N5O2. The molecule has 2 aromatic rings. The van der Waals surface area contributed by atoms with E-state index in [1.165, 1.54) is 6.42 Å². The number of likely N-dealkylation sites (tertiary alicyclic amines) is 1.